The number of imide groups is 1. The first-order valence-corrected chi connectivity index (χ1v) is 12.1. The van der Waals surface area contributed by atoms with Crippen molar-refractivity contribution in [2.75, 3.05) is 10.2 Å². The maximum atomic E-state index is 13.1. The van der Waals surface area contributed by atoms with E-state index in [2.05, 4.69) is 5.32 Å². The number of anilines is 2. The Balaban J connectivity index is 1.43. The third-order valence-corrected chi connectivity index (χ3v) is 6.72. The fourth-order valence-corrected chi connectivity index (χ4v) is 4.98. The van der Waals surface area contributed by atoms with Crippen LogP contribution in [0.5, 0.6) is 0 Å². The van der Waals surface area contributed by atoms with Gasteiger partial charge in [0.1, 0.15) is 6.54 Å². The minimum Gasteiger partial charge on any atom is -0.337 e. The van der Waals surface area contributed by atoms with Crippen molar-refractivity contribution in [2.45, 2.75) is 13.5 Å². The van der Waals surface area contributed by atoms with E-state index in [1.807, 2.05) is 66.2 Å². The highest BCUT2D eigenvalue weighted by atomic mass is 35.5. The van der Waals surface area contributed by atoms with Gasteiger partial charge in [0.2, 0.25) is 5.91 Å². The van der Waals surface area contributed by atoms with Gasteiger partial charge < -0.3 is 9.88 Å². The summed E-state index contributed by atoms with van der Waals surface area (Å²) in [4.78, 5) is 39.9. The van der Waals surface area contributed by atoms with Crippen LogP contribution < -0.4 is 10.2 Å². The summed E-state index contributed by atoms with van der Waals surface area (Å²) in [5, 5.41) is 3.96. The lowest BCUT2D eigenvalue weighted by molar-refractivity contribution is -0.116. The second-order valence-corrected chi connectivity index (χ2v) is 9.57. The summed E-state index contributed by atoms with van der Waals surface area (Å²) in [6.45, 7) is 2.07. The predicted molar refractivity (Wildman–Crippen MR) is 142 cm³/mol. The van der Waals surface area contributed by atoms with Crippen molar-refractivity contribution in [2.24, 2.45) is 0 Å². The molecule has 35 heavy (non-hydrogen) atoms. The lowest BCUT2D eigenvalue weighted by Crippen LogP contribution is -2.27. The van der Waals surface area contributed by atoms with Gasteiger partial charge in [0.25, 0.3) is 11.1 Å². The number of rotatable bonds is 5. The molecular weight excluding hydrogens is 482 g/mol. The molecule has 1 aromatic heterocycles. The van der Waals surface area contributed by atoms with Gasteiger partial charge in [0, 0.05) is 33.4 Å². The number of halogens is 1. The van der Waals surface area contributed by atoms with Crippen LogP contribution >= 0.6 is 23.4 Å². The number of aryl methyl sites for hydroxylation is 1. The molecule has 0 radical (unpaired) electrons. The van der Waals surface area contributed by atoms with Crippen LogP contribution in [-0.2, 0) is 16.1 Å². The molecule has 0 spiro atoms. The number of hydrogen-bond acceptors (Lipinski definition) is 4. The van der Waals surface area contributed by atoms with Crippen molar-refractivity contribution in [3.05, 3.63) is 100 Å². The van der Waals surface area contributed by atoms with Crippen LogP contribution in [0, 0.1) is 6.92 Å². The third-order valence-electron chi connectivity index (χ3n) is 5.60. The zero-order chi connectivity index (χ0) is 24.5. The fourth-order valence-electron chi connectivity index (χ4n) is 4.02. The summed E-state index contributed by atoms with van der Waals surface area (Å²) in [5.41, 5.74) is 3.88. The molecule has 0 atom stereocenters. The van der Waals surface area contributed by atoms with Gasteiger partial charge in [0.05, 0.1) is 10.6 Å². The third kappa shape index (κ3) is 4.73. The summed E-state index contributed by atoms with van der Waals surface area (Å²) >= 11 is 6.82. The fraction of sp³-hybridized carbons (Fsp3) is 0.0741. The quantitative estimate of drug-likeness (QED) is 0.317. The molecule has 2 heterocycles. The summed E-state index contributed by atoms with van der Waals surface area (Å²) in [5.74, 6) is -0.553. The summed E-state index contributed by atoms with van der Waals surface area (Å²) in [6.07, 6.45) is 3.54. The lowest BCUT2D eigenvalue weighted by atomic mass is 10.1. The number of amides is 3. The number of carbonyl (C=O) groups excluding carboxylic acids is 3. The van der Waals surface area contributed by atoms with Gasteiger partial charge in [-0.25, -0.2) is 4.90 Å². The second-order valence-electron chi connectivity index (χ2n) is 8.14. The van der Waals surface area contributed by atoms with Crippen LogP contribution in [0.2, 0.25) is 5.02 Å². The van der Waals surface area contributed by atoms with Gasteiger partial charge in [0.15, 0.2) is 0 Å². The van der Waals surface area contributed by atoms with Crippen molar-refractivity contribution in [1.29, 1.82) is 0 Å². The standard InChI is InChI=1S/C27H20ClN3O3S/c1-17-5-4-6-20(13-17)29-25(32)16-30-15-18(22-7-2-3-8-23(22)30)14-24-26(33)31(27(34)35-24)21-11-9-19(28)10-12-21/h2-15H,16H2,1H3,(H,29,32)/b24-14+. The van der Waals surface area contributed by atoms with Crippen molar-refractivity contribution in [3.63, 3.8) is 0 Å². The molecule has 1 saturated heterocycles. The van der Waals surface area contributed by atoms with Crippen LogP contribution in [0.4, 0.5) is 16.2 Å². The molecule has 0 unspecified atom stereocenters. The van der Waals surface area contributed by atoms with Crippen molar-refractivity contribution in [3.8, 4) is 0 Å². The maximum absolute atomic E-state index is 13.1. The lowest BCUT2D eigenvalue weighted by Gasteiger charge is -2.12. The molecule has 5 rings (SSSR count). The van der Waals surface area contributed by atoms with E-state index in [0.29, 0.717) is 15.6 Å². The van der Waals surface area contributed by atoms with E-state index in [1.165, 1.54) is 0 Å². The molecule has 0 saturated carbocycles. The first-order chi connectivity index (χ1) is 16.9. The molecule has 6 nitrogen and oxygen atoms in total. The van der Waals surface area contributed by atoms with Gasteiger partial charge in [-0.1, -0.05) is 41.9 Å². The highest BCUT2D eigenvalue weighted by Crippen LogP contribution is 2.37. The Labute approximate surface area is 211 Å². The monoisotopic (exact) mass is 501 g/mol. The Bertz CT molecular complexity index is 1510. The Morgan fingerprint density at radius 1 is 1.03 bits per heavy atom. The predicted octanol–water partition coefficient (Wildman–Crippen LogP) is 6.48. The Morgan fingerprint density at radius 2 is 1.80 bits per heavy atom. The molecule has 8 heteroatoms. The van der Waals surface area contributed by atoms with Crippen molar-refractivity contribution >= 4 is 68.8 Å². The molecule has 174 valence electrons. The molecule has 0 bridgehead atoms. The van der Waals surface area contributed by atoms with Gasteiger partial charge in [-0.2, -0.15) is 0 Å². The maximum Gasteiger partial charge on any atom is 0.298 e. The van der Waals surface area contributed by atoms with E-state index >= 15 is 0 Å². The highest BCUT2D eigenvalue weighted by Gasteiger charge is 2.36. The number of carbonyl (C=O) groups is 3. The number of nitrogens with zero attached hydrogens (tertiary/aromatic N) is 2. The van der Waals surface area contributed by atoms with Gasteiger partial charge in [-0.05, 0) is 72.8 Å². The Kier molecular flexibility index (Phi) is 6.19. The van der Waals surface area contributed by atoms with E-state index in [0.717, 1.165) is 44.4 Å². The van der Waals surface area contributed by atoms with E-state index in [1.54, 1.807) is 30.3 Å². The van der Waals surface area contributed by atoms with Crippen molar-refractivity contribution < 1.29 is 14.4 Å². The smallest absolute Gasteiger partial charge is 0.298 e. The molecule has 0 aliphatic carbocycles. The molecule has 1 aliphatic rings. The number of nitrogens with one attached hydrogen (secondary N) is 1. The largest absolute Gasteiger partial charge is 0.337 e. The van der Waals surface area contributed by atoms with E-state index in [4.69, 9.17) is 11.6 Å². The second kappa shape index (κ2) is 9.44. The van der Waals surface area contributed by atoms with Gasteiger partial charge in [-0.15, -0.1) is 0 Å². The normalized spacial score (nSPS) is 14.8. The average Bonchev–Trinajstić information content (AvgIpc) is 3.31. The van der Waals surface area contributed by atoms with Crippen LogP contribution in [-0.4, -0.2) is 21.6 Å². The molecule has 4 aromatic rings. The van der Waals surface area contributed by atoms with Crippen molar-refractivity contribution in [1.82, 2.24) is 4.57 Å². The first-order valence-electron chi connectivity index (χ1n) is 10.9. The molecule has 1 fully saturated rings. The summed E-state index contributed by atoms with van der Waals surface area (Å²) in [6, 6.07) is 21.8. The van der Waals surface area contributed by atoms with Gasteiger partial charge in [-0.3, -0.25) is 14.4 Å². The van der Waals surface area contributed by atoms with E-state index in [-0.39, 0.29) is 17.7 Å². The number of fused-ring (bicyclic) bond motifs is 1. The minimum absolute atomic E-state index is 0.106. The molecule has 1 aliphatic heterocycles. The Hall–Kier alpha value is -3.81. The van der Waals surface area contributed by atoms with Gasteiger partial charge >= 0.3 is 0 Å². The van der Waals surface area contributed by atoms with Crippen LogP contribution in [0.3, 0.4) is 0 Å². The van der Waals surface area contributed by atoms with E-state index < -0.39 is 5.91 Å². The SMILES string of the molecule is Cc1cccc(NC(=O)Cn2cc(/C=C3/SC(=O)N(c4ccc(Cl)cc4)C3=O)c3ccccc32)c1. The molecule has 3 aromatic carbocycles. The number of thioether (sulfide) groups is 1. The van der Waals surface area contributed by atoms with E-state index in [9.17, 15) is 14.4 Å². The summed E-state index contributed by atoms with van der Waals surface area (Å²) in [7, 11) is 0. The number of para-hydroxylation sites is 1. The zero-order valence-electron chi connectivity index (χ0n) is 18.7. The minimum atomic E-state index is -0.392. The average molecular weight is 502 g/mol. The summed E-state index contributed by atoms with van der Waals surface area (Å²) < 4.78 is 1.84. The Morgan fingerprint density at radius 3 is 2.57 bits per heavy atom. The topological polar surface area (TPSA) is 71.4 Å². The molecule has 3 amide bonds. The van der Waals surface area contributed by atoms with Crippen LogP contribution in [0.15, 0.2) is 83.9 Å². The first kappa shape index (κ1) is 23.0. The van der Waals surface area contributed by atoms with Crippen LogP contribution in [0.25, 0.3) is 17.0 Å². The van der Waals surface area contributed by atoms with Crippen LogP contribution in [0.1, 0.15) is 11.1 Å². The highest BCUT2D eigenvalue weighted by molar-refractivity contribution is 8.19. The number of aromatic nitrogens is 1. The molecule has 1 N–H and O–H groups in total. The number of benzene rings is 3. The molecular formula is C27H20ClN3O3S. The zero-order valence-corrected chi connectivity index (χ0v) is 20.3. The number of hydrogen-bond donors (Lipinski definition) is 1.